The zero-order chi connectivity index (χ0) is 15.4. The molecular formula is C14H17Cl2N3O2. The molecule has 0 spiro atoms. The predicted octanol–water partition coefficient (Wildman–Crippen LogP) is 2.13. The van der Waals surface area contributed by atoms with Crippen LogP contribution in [0.4, 0.5) is 5.69 Å². The summed E-state index contributed by atoms with van der Waals surface area (Å²) in [7, 11) is 0. The lowest BCUT2D eigenvalue weighted by Crippen LogP contribution is -2.44. The molecule has 0 unspecified atom stereocenters. The number of benzene rings is 1. The average molecular weight is 330 g/mol. The molecule has 21 heavy (non-hydrogen) atoms. The van der Waals surface area contributed by atoms with Crippen LogP contribution in [0.15, 0.2) is 18.2 Å². The topological polar surface area (TPSA) is 75.4 Å². The first kappa shape index (κ1) is 16.1. The number of carbonyl (C=O) groups is 2. The summed E-state index contributed by atoms with van der Waals surface area (Å²) in [4.78, 5) is 25.2. The molecule has 1 aromatic carbocycles. The van der Waals surface area contributed by atoms with Gasteiger partial charge in [-0.05, 0) is 37.6 Å². The van der Waals surface area contributed by atoms with Gasteiger partial charge in [-0.3, -0.25) is 14.5 Å². The molecule has 5 nitrogen and oxygen atoms in total. The molecule has 0 aromatic heterocycles. The van der Waals surface area contributed by atoms with Crippen LogP contribution in [0.25, 0.3) is 0 Å². The van der Waals surface area contributed by atoms with Gasteiger partial charge in [0.2, 0.25) is 11.8 Å². The van der Waals surface area contributed by atoms with Crippen LogP contribution in [0.5, 0.6) is 0 Å². The summed E-state index contributed by atoms with van der Waals surface area (Å²) < 4.78 is 0. The van der Waals surface area contributed by atoms with Crippen molar-refractivity contribution < 1.29 is 9.59 Å². The molecule has 0 radical (unpaired) electrons. The lowest BCUT2D eigenvalue weighted by molar-refractivity contribution is -0.125. The minimum absolute atomic E-state index is 0.175. The summed E-state index contributed by atoms with van der Waals surface area (Å²) in [5, 5.41) is 3.65. The van der Waals surface area contributed by atoms with Gasteiger partial charge in [0.25, 0.3) is 0 Å². The van der Waals surface area contributed by atoms with E-state index in [1.807, 2.05) is 4.90 Å². The van der Waals surface area contributed by atoms with E-state index in [-0.39, 0.29) is 24.3 Å². The van der Waals surface area contributed by atoms with Crippen molar-refractivity contribution in [1.29, 1.82) is 0 Å². The average Bonchev–Trinajstić information content (AvgIpc) is 2.42. The van der Waals surface area contributed by atoms with Crippen molar-refractivity contribution in [3.05, 3.63) is 28.2 Å². The standard InChI is InChI=1S/C14H17Cl2N3O2/c15-10-3-4-12(11(16)6-10)18-13(20)8-19-5-1-2-9(7-19)14(17)21/h3-4,6,9H,1-2,5,7-8H2,(H2,17,21)(H,18,20)/t9-/m0/s1. The number of likely N-dealkylation sites (tertiary alicyclic amines) is 1. The Balaban J connectivity index is 1.91. The Morgan fingerprint density at radius 1 is 1.38 bits per heavy atom. The molecule has 1 aliphatic heterocycles. The summed E-state index contributed by atoms with van der Waals surface area (Å²) >= 11 is 11.8. The molecule has 1 aliphatic rings. The van der Waals surface area contributed by atoms with Gasteiger partial charge in [-0.1, -0.05) is 23.2 Å². The third-order valence-electron chi connectivity index (χ3n) is 3.48. The van der Waals surface area contributed by atoms with Crippen molar-refractivity contribution in [3.63, 3.8) is 0 Å². The maximum Gasteiger partial charge on any atom is 0.238 e. The highest BCUT2D eigenvalue weighted by atomic mass is 35.5. The number of rotatable bonds is 4. The number of piperidine rings is 1. The van der Waals surface area contributed by atoms with E-state index in [1.54, 1.807) is 18.2 Å². The highest BCUT2D eigenvalue weighted by molar-refractivity contribution is 6.36. The SMILES string of the molecule is NC(=O)[C@H]1CCCN(CC(=O)Nc2ccc(Cl)cc2Cl)C1. The first-order chi connectivity index (χ1) is 9.95. The van der Waals surface area contributed by atoms with Crippen LogP contribution in [0.2, 0.25) is 10.0 Å². The quantitative estimate of drug-likeness (QED) is 0.888. The fourth-order valence-corrected chi connectivity index (χ4v) is 2.87. The fraction of sp³-hybridized carbons (Fsp3) is 0.429. The number of nitrogens with zero attached hydrogens (tertiary/aromatic N) is 1. The van der Waals surface area contributed by atoms with Gasteiger partial charge in [0.1, 0.15) is 0 Å². The van der Waals surface area contributed by atoms with Crippen LogP contribution in [0, 0.1) is 5.92 Å². The number of hydrogen-bond acceptors (Lipinski definition) is 3. The van der Waals surface area contributed by atoms with Gasteiger partial charge in [-0.15, -0.1) is 0 Å². The Morgan fingerprint density at radius 3 is 2.81 bits per heavy atom. The number of carbonyl (C=O) groups excluding carboxylic acids is 2. The second-order valence-corrected chi connectivity index (χ2v) is 5.99. The van der Waals surface area contributed by atoms with E-state index >= 15 is 0 Å². The predicted molar refractivity (Wildman–Crippen MR) is 83.5 cm³/mol. The van der Waals surface area contributed by atoms with E-state index < -0.39 is 0 Å². The van der Waals surface area contributed by atoms with E-state index in [0.29, 0.717) is 22.3 Å². The number of amides is 2. The molecule has 0 saturated carbocycles. The Labute approximate surface area is 133 Å². The number of hydrogen-bond donors (Lipinski definition) is 2. The van der Waals surface area contributed by atoms with E-state index in [2.05, 4.69) is 5.32 Å². The Hall–Kier alpha value is -1.30. The second-order valence-electron chi connectivity index (χ2n) is 5.15. The van der Waals surface area contributed by atoms with Gasteiger partial charge >= 0.3 is 0 Å². The van der Waals surface area contributed by atoms with Crippen molar-refractivity contribution in [2.45, 2.75) is 12.8 Å². The van der Waals surface area contributed by atoms with Crippen molar-refractivity contribution in [1.82, 2.24) is 4.90 Å². The highest BCUT2D eigenvalue weighted by Gasteiger charge is 2.25. The largest absolute Gasteiger partial charge is 0.369 e. The molecule has 1 heterocycles. The lowest BCUT2D eigenvalue weighted by Gasteiger charge is -2.30. The van der Waals surface area contributed by atoms with Gasteiger partial charge in [0, 0.05) is 11.6 Å². The van der Waals surface area contributed by atoms with Gasteiger partial charge in [-0.25, -0.2) is 0 Å². The Bertz CT molecular complexity index is 551. The van der Waals surface area contributed by atoms with Crippen LogP contribution >= 0.6 is 23.2 Å². The van der Waals surface area contributed by atoms with E-state index in [9.17, 15) is 9.59 Å². The van der Waals surface area contributed by atoms with Crippen LogP contribution in [-0.4, -0.2) is 36.3 Å². The molecule has 1 aromatic rings. The highest BCUT2D eigenvalue weighted by Crippen LogP contribution is 2.25. The Kier molecular flexibility index (Phi) is 5.45. The summed E-state index contributed by atoms with van der Waals surface area (Å²) in [6.07, 6.45) is 1.65. The summed E-state index contributed by atoms with van der Waals surface area (Å²) in [6, 6.07) is 4.89. The van der Waals surface area contributed by atoms with Crippen LogP contribution in [-0.2, 0) is 9.59 Å². The smallest absolute Gasteiger partial charge is 0.238 e. The van der Waals surface area contributed by atoms with E-state index in [4.69, 9.17) is 28.9 Å². The first-order valence-electron chi connectivity index (χ1n) is 6.72. The van der Waals surface area contributed by atoms with Crippen LogP contribution < -0.4 is 11.1 Å². The maximum atomic E-state index is 12.0. The molecule has 2 rings (SSSR count). The zero-order valence-electron chi connectivity index (χ0n) is 11.4. The zero-order valence-corrected chi connectivity index (χ0v) is 13.0. The first-order valence-corrected chi connectivity index (χ1v) is 7.48. The third kappa shape index (κ3) is 4.59. The van der Waals surface area contributed by atoms with Gasteiger partial charge in [0.05, 0.1) is 23.2 Å². The lowest BCUT2D eigenvalue weighted by atomic mass is 9.97. The number of primary amides is 1. The van der Waals surface area contributed by atoms with Gasteiger partial charge in [-0.2, -0.15) is 0 Å². The molecule has 0 bridgehead atoms. The molecule has 2 amide bonds. The minimum atomic E-state index is -0.305. The second kappa shape index (κ2) is 7.11. The van der Waals surface area contributed by atoms with Crippen molar-refractivity contribution in [2.75, 3.05) is 25.0 Å². The van der Waals surface area contributed by atoms with Crippen molar-refractivity contribution >= 4 is 40.7 Å². The normalized spacial score (nSPS) is 19.2. The summed E-state index contributed by atoms with van der Waals surface area (Å²) in [5.41, 5.74) is 5.84. The summed E-state index contributed by atoms with van der Waals surface area (Å²) in [6.45, 7) is 1.52. The number of nitrogens with one attached hydrogen (secondary N) is 1. The molecule has 7 heteroatoms. The molecule has 1 saturated heterocycles. The van der Waals surface area contributed by atoms with Crippen LogP contribution in [0.3, 0.4) is 0 Å². The molecule has 1 fully saturated rings. The monoisotopic (exact) mass is 329 g/mol. The molecule has 3 N–H and O–H groups in total. The molecule has 114 valence electrons. The number of halogens is 2. The molecule has 1 atom stereocenters. The van der Waals surface area contributed by atoms with Crippen LogP contribution in [0.1, 0.15) is 12.8 Å². The number of nitrogens with two attached hydrogens (primary N) is 1. The molecular weight excluding hydrogens is 313 g/mol. The van der Waals surface area contributed by atoms with Gasteiger partial charge < -0.3 is 11.1 Å². The van der Waals surface area contributed by atoms with Crippen molar-refractivity contribution in [3.8, 4) is 0 Å². The van der Waals surface area contributed by atoms with E-state index in [0.717, 1.165) is 19.4 Å². The van der Waals surface area contributed by atoms with Crippen molar-refractivity contribution in [2.24, 2.45) is 11.7 Å². The minimum Gasteiger partial charge on any atom is -0.369 e. The Morgan fingerprint density at radius 2 is 2.14 bits per heavy atom. The number of anilines is 1. The third-order valence-corrected chi connectivity index (χ3v) is 4.03. The van der Waals surface area contributed by atoms with Gasteiger partial charge in [0.15, 0.2) is 0 Å². The maximum absolute atomic E-state index is 12.0. The van der Waals surface area contributed by atoms with E-state index in [1.165, 1.54) is 0 Å². The molecule has 0 aliphatic carbocycles. The fourth-order valence-electron chi connectivity index (χ4n) is 2.42. The summed E-state index contributed by atoms with van der Waals surface area (Å²) in [5.74, 6) is -0.657.